The molecule has 0 spiro atoms. The van der Waals surface area contributed by atoms with Crippen LogP contribution in [0.15, 0.2) is 18.2 Å². The number of unbranched alkanes of at least 4 members (excludes halogenated alkanes) is 7. The van der Waals surface area contributed by atoms with Gasteiger partial charge in [0.05, 0.1) is 11.0 Å². The van der Waals surface area contributed by atoms with Crippen LogP contribution in [0.4, 0.5) is 0 Å². The molecule has 3 N–H and O–H groups in total. The minimum atomic E-state index is 0.723. The number of aromatic amines is 1. The Hall–Kier alpha value is -1.35. The molecule has 0 bridgehead atoms. The molecule has 1 heterocycles. The molecule has 0 aliphatic heterocycles. The molecule has 0 saturated heterocycles. The summed E-state index contributed by atoms with van der Waals surface area (Å²) in [4.78, 5) is 8.06. The lowest BCUT2D eigenvalue weighted by atomic mass is 10.0. The maximum absolute atomic E-state index is 5.57. The Kier molecular flexibility index (Phi) is 8.16. The van der Waals surface area contributed by atoms with Crippen LogP contribution >= 0.6 is 0 Å². The molecule has 1 aromatic carbocycles. The summed E-state index contributed by atoms with van der Waals surface area (Å²) in [7, 11) is 0. The summed E-state index contributed by atoms with van der Waals surface area (Å²) >= 11 is 0. The largest absolute Gasteiger partial charge is 0.342 e. The first-order valence-corrected chi connectivity index (χ1v) is 9.51. The topological polar surface area (TPSA) is 54.7 Å². The molecular weight excluding hydrogens is 282 g/mol. The van der Waals surface area contributed by atoms with Crippen LogP contribution < -0.4 is 5.73 Å². The number of imidazole rings is 1. The summed E-state index contributed by atoms with van der Waals surface area (Å²) in [5.41, 5.74) is 9.25. The molecule has 2 aromatic rings. The van der Waals surface area contributed by atoms with Crippen LogP contribution in [0.2, 0.25) is 0 Å². The second-order valence-corrected chi connectivity index (χ2v) is 6.65. The van der Waals surface area contributed by atoms with E-state index in [1.165, 1.54) is 68.9 Å². The third kappa shape index (κ3) is 6.34. The Morgan fingerprint density at radius 2 is 1.65 bits per heavy atom. The van der Waals surface area contributed by atoms with E-state index < -0.39 is 0 Å². The van der Waals surface area contributed by atoms with Gasteiger partial charge in [-0.25, -0.2) is 4.98 Å². The molecule has 0 unspecified atom stereocenters. The molecule has 0 radical (unpaired) electrons. The molecule has 0 aliphatic carbocycles. The second kappa shape index (κ2) is 10.4. The molecule has 23 heavy (non-hydrogen) atoms. The third-order valence-electron chi connectivity index (χ3n) is 4.53. The van der Waals surface area contributed by atoms with Crippen LogP contribution in [0.25, 0.3) is 11.0 Å². The summed E-state index contributed by atoms with van der Waals surface area (Å²) in [6.45, 7) is 3.00. The van der Waals surface area contributed by atoms with Crippen LogP contribution in [0.3, 0.4) is 0 Å². The van der Waals surface area contributed by atoms with E-state index in [1.807, 2.05) is 0 Å². The number of aryl methyl sites for hydroxylation is 2. The lowest BCUT2D eigenvalue weighted by Gasteiger charge is -2.03. The van der Waals surface area contributed by atoms with Gasteiger partial charge >= 0.3 is 0 Å². The van der Waals surface area contributed by atoms with Gasteiger partial charge in [-0.2, -0.15) is 0 Å². The fourth-order valence-electron chi connectivity index (χ4n) is 3.12. The van der Waals surface area contributed by atoms with E-state index in [-0.39, 0.29) is 0 Å². The Morgan fingerprint density at radius 3 is 2.39 bits per heavy atom. The van der Waals surface area contributed by atoms with Crippen molar-refractivity contribution in [2.24, 2.45) is 5.73 Å². The molecule has 3 nitrogen and oxygen atoms in total. The van der Waals surface area contributed by atoms with Crippen LogP contribution in [0.1, 0.15) is 76.1 Å². The first-order valence-electron chi connectivity index (χ1n) is 9.51. The molecule has 0 atom stereocenters. The van der Waals surface area contributed by atoms with E-state index in [4.69, 9.17) is 5.73 Å². The second-order valence-electron chi connectivity index (χ2n) is 6.65. The molecule has 0 aliphatic rings. The summed E-state index contributed by atoms with van der Waals surface area (Å²) in [5, 5.41) is 0. The standard InChI is InChI=1S/C20H33N3/c1-2-3-4-5-6-7-8-9-11-17-13-14-18-19(16-17)23-20(22-18)12-10-15-21/h13-14,16H,2-12,15,21H2,1H3,(H,22,23). The van der Waals surface area contributed by atoms with Gasteiger partial charge in [0.15, 0.2) is 0 Å². The normalized spacial score (nSPS) is 11.4. The van der Waals surface area contributed by atoms with E-state index >= 15 is 0 Å². The van der Waals surface area contributed by atoms with Crippen LogP contribution in [0, 0.1) is 0 Å². The van der Waals surface area contributed by atoms with Gasteiger partial charge in [0, 0.05) is 6.42 Å². The fraction of sp³-hybridized carbons (Fsp3) is 0.650. The number of nitrogens with two attached hydrogens (primary N) is 1. The van der Waals surface area contributed by atoms with E-state index in [9.17, 15) is 0 Å². The van der Waals surface area contributed by atoms with Crippen LogP contribution in [-0.4, -0.2) is 16.5 Å². The molecule has 0 fully saturated rings. The Bertz CT molecular complexity index is 559. The first kappa shape index (κ1) is 18.0. The van der Waals surface area contributed by atoms with Gasteiger partial charge in [0.25, 0.3) is 0 Å². The monoisotopic (exact) mass is 315 g/mol. The van der Waals surface area contributed by atoms with Crippen molar-refractivity contribution in [3.05, 3.63) is 29.6 Å². The summed E-state index contributed by atoms with van der Waals surface area (Å²) in [5.74, 6) is 1.06. The molecule has 0 saturated carbocycles. The van der Waals surface area contributed by atoms with Gasteiger partial charge < -0.3 is 10.7 Å². The van der Waals surface area contributed by atoms with Gasteiger partial charge in [-0.3, -0.25) is 0 Å². The average Bonchev–Trinajstić information content (AvgIpc) is 2.97. The number of H-pyrrole nitrogens is 1. The van der Waals surface area contributed by atoms with Crippen molar-refractivity contribution in [3.63, 3.8) is 0 Å². The number of fused-ring (bicyclic) bond motifs is 1. The predicted octanol–water partition coefficient (Wildman–Crippen LogP) is 5.14. The zero-order valence-corrected chi connectivity index (χ0v) is 14.7. The predicted molar refractivity (Wildman–Crippen MR) is 99.8 cm³/mol. The molecule has 2 rings (SSSR count). The molecule has 128 valence electrons. The highest BCUT2D eigenvalue weighted by Gasteiger charge is 2.03. The maximum atomic E-state index is 5.57. The number of hydrogen-bond donors (Lipinski definition) is 2. The number of rotatable bonds is 12. The van der Waals surface area contributed by atoms with Crippen molar-refractivity contribution in [1.82, 2.24) is 9.97 Å². The highest BCUT2D eigenvalue weighted by atomic mass is 14.9. The molecule has 3 heteroatoms. The van der Waals surface area contributed by atoms with Crippen molar-refractivity contribution < 1.29 is 0 Å². The molecular formula is C20H33N3. The van der Waals surface area contributed by atoms with Gasteiger partial charge in [0.2, 0.25) is 0 Å². The summed E-state index contributed by atoms with van der Waals surface area (Å²) < 4.78 is 0. The minimum absolute atomic E-state index is 0.723. The van der Waals surface area contributed by atoms with Crippen molar-refractivity contribution in [3.8, 4) is 0 Å². The quantitative estimate of drug-likeness (QED) is 0.533. The first-order chi connectivity index (χ1) is 11.3. The van der Waals surface area contributed by atoms with E-state index in [1.54, 1.807) is 0 Å². The van der Waals surface area contributed by atoms with Gasteiger partial charge in [-0.05, 0) is 43.5 Å². The van der Waals surface area contributed by atoms with Gasteiger partial charge in [0.1, 0.15) is 5.82 Å². The Balaban J connectivity index is 1.71. The minimum Gasteiger partial charge on any atom is -0.342 e. The van der Waals surface area contributed by atoms with Crippen molar-refractivity contribution in [2.45, 2.75) is 77.6 Å². The summed E-state index contributed by atoms with van der Waals surface area (Å²) in [6.07, 6.45) is 14.1. The maximum Gasteiger partial charge on any atom is 0.107 e. The van der Waals surface area contributed by atoms with E-state index in [0.29, 0.717) is 0 Å². The van der Waals surface area contributed by atoms with Gasteiger partial charge in [-0.15, -0.1) is 0 Å². The summed E-state index contributed by atoms with van der Waals surface area (Å²) in [6, 6.07) is 6.66. The van der Waals surface area contributed by atoms with Crippen LogP contribution in [0.5, 0.6) is 0 Å². The highest BCUT2D eigenvalue weighted by molar-refractivity contribution is 5.75. The number of nitrogens with zero attached hydrogens (tertiary/aromatic N) is 1. The Labute approximate surface area is 141 Å². The van der Waals surface area contributed by atoms with E-state index in [0.717, 1.165) is 30.7 Å². The zero-order valence-electron chi connectivity index (χ0n) is 14.7. The zero-order chi connectivity index (χ0) is 16.3. The Morgan fingerprint density at radius 1 is 0.913 bits per heavy atom. The van der Waals surface area contributed by atoms with Crippen LogP contribution in [-0.2, 0) is 12.8 Å². The highest BCUT2D eigenvalue weighted by Crippen LogP contribution is 2.17. The molecule has 1 aromatic heterocycles. The SMILES string of the molecule is CCCCCCCCCCc1ccc2nc(CCCN)[nH]c2c1. The number of benzene rings is 1. The lowest BCUT2D eigenvalue weighted by Crippen LogP contribution is -2.01. The smallest absolute Gasteiger partial charge is 0.107 e. The van der Waals surface area contributed by atoms with Crippen molar-refractivity contribution in [2.75, 3.05) is 6.54 Å². The lowest BCUT2D eigenvalue weighted by molar-refractivity contribution is 0.575. The van der Waals surface area contributed by atoms with E-state index in [2.05, 4.69) is 35.1 Å². The fourth-order valence-corrected chi connectivity index (χ4v) is 3.12. The third-order valence-corrected chi connectivity index (χ3v) is 4.53. The number of nitrogens with one attached hydrogen (secondary N) is 1. The number of hydrogen-bond acceptors (Lipinski definition) is 2. The number of aromatic nitrogens is 2. The van der Waals surface area contributed by atoms with Gasteiger partial charge in [-0.1, -0.05) is 57.9 Å². The van der Waals surface area contributed by atoms with Crippen molar-refractivity contribution in [1.29, 1.82) is 0 Å². The molecule has 0 amide bonds. The average molecular weight is 316 g/mol. The van der Waals surface area contributed by atoms with Crippen molar-refractivity contribution >= 4 is 11.0 Å².